The summed E-state index contributed by atoms with van der Waals surface area (Å²) in [5.41, 5.74) is -0.156. The molecule has 0 N–H and O–H groups in total. The van der Waals surface area contributed by atoms with Crippen LogP contribution in [0.15, 0.2) is 17.5 Å². The number of hydrogen-bond donors (Lipinski definition) is 0. The van der Waals surface area contributed by atoms with E-state index < -0.39 is 0 Å². The molecule has 0 bridgehead atoms. The van der Waals surface area contributed by atoms with Crippen molar-refractivity contribution in [2.75, 3.05) is 46.0 Å². The first-order valence-corrected chi connectivity index (χ1v) is 8.75. The van der Waals surface area contributed by atoms with E-state index in [4.69, 9.17) is 9.47 Å². The second-order valence-electron chi connectivity index (χ2n) is 6.44. The third-order valence-electron chi connectivity index (χ3n) is 4.40. The molecule has 0 radical (unpaired) electrons. The molecule has 2 aliphatic rings. The van der Waals surface area contributed by atoms with Crippen LogP contribution in [0.2, 0.25) is 0 Å². The molecule has 0 unspecified atom stereocenters. The molecule has 0 aliphatic carbocycles. The Bertz CT molecular complexity index is 437. The fraction of sp³-hybridized carbons (Fsp3) is 0.750. The van der Waals surface area contributed by atoms with Crippen LogP contribution in [0.3, 0.4) is 0 Å². The second kappa shape index (κ2) is 6.75. The van der Waals surface area contributed by atoms with Gasteiger partial charge in [-0.2, -0.15) is 0 Å². The average Bonchev–Trinajstić information content (AvgIpc) is 2.87. The average molecular weight is 310 g/mol. The molecular formula is C16H26N2O2S. The summed E-state index contributed by atoms with van der Waals surface area (Å²) in [7, 11) is 0. The molecule has 0 aromatic carbocycles. The van der Waals surface area contributed by atoms with Gasteiger partial charge < -0.3 is 9.47 Å². The Hall–Kier alpha value is -0.460. The number of ether oxygens (including phenoxy) is 2. The van der Waals surface area contributed by atoms with Crippen LogP contribution in [0.1, 0.15) is 18.7 Å². The maximum atomic E-state index is 6.21. The van der Waals surface area contributed by atoms with Gasteiger partial charge >= 0.3 is 0 Å². The van der Waals surface area contributed by atoms with E-state index in [0.717, 1.165) is 52.5 Å². The van der Waals surface area contributed by atoms with Crippen molar-refractivity contribution in [3.05, 3.63) is 22.4 Å². The lowest BCUT2D eigenvalue weighted by Gasteiger charge is -2.44. The molecule has 0 saturated carbocycles. The lowest BCUT2D eigenvalue weighted by Crippen LogP contribution is -2.59. The highest BCUT2D eigenvalue weighted by Gasteiger charge is 2.40. The molecule has 1 spiro atoms. The van der Waals surface area contributed by atoms with Gasteiger partial charge in [-0.15, -0.1) is 11.3 Å². The fourth-order valence-corrected chi connectivity index (χ4v) is 3.99. The van der Waals surface area contributed by atoms with Crippen molar-refractivity contribution >= 4 is 11.3 Å². The number of rotatable bonds is 3. The van der Waals surface area contributed by atoms with E-state index in [9.17, 15) is 0 Å². The van der Waals surface area contributed by atoms with Crippen molar-refractivity contribution in [2.24, 2.45) is 0 Å². The lowest BCUT2D eigenvalue weighted by atomic mass is 10.0. The molecule has 3 rings (SSSR count). The van der Waals surface area contributed by atoms with E-state index in [-0.39, 0.29) is 5.60 Å². The highest BCUT2D eigenvalue weighted by molar-refractivity contribution is 7.09. The van der Waals surface area contributed by atoms with Gasteiger partial charge in [-0.3, -0.25) is 9.80 Å². The van der Waals surface area contributed by atoms with Crippen molar-refractivity contribution in [3.8, 4) is 0 Å². The van der Waals surface area contributed by atoms with Crippen molar-refractivity contribution in [2.45, 2.75) is 32.0 Å². The minimum atomic E-state index is -0.156. The summed E-state index contributed by atoms with van der Waals surface area (Å²) in [5, 5.41) is 2.15. The van der Waals surface area contributed by atoms with Gasteiger partial charge in [0.05, 0.1) is 19.8 Å². The molecule has 5 heteroatoms. The predicted molar refractivity (Wildman–Crippen MR) is 85.8 cm³/mol. The van der Waals surface area contributed by atoms with Crippen molar-refractivity contribution in [3.63, 3.8) is 0 Å². The minimum absolute atomic E-state index is 0.156. The van der Waals surface area contributed by atoms with E-state index in [2.05, 4.69) is 41.2 Å². The Balaban J connectivity index is 1.67. The predicted octanol–water partition coefficient (Wildman–Crippen LogP) is 2.06. The third kappa shape index (κ3) is 3.85. The topological polar surface area (TPSA) is 24.9 Å². The summed E-state index contributed by atoms with van der Waals surface area (Å²) in [6, 6.07) is 4.89. The number of hydrogen-bond acceptors (Lipinski definition) is 5. The number of morpholine rings is 1. The van der Waals surface area contributed by atoms with Crippen LogP contribution in [0, 0.1) is 0 Å². The van der Waals surface area contributed by atoms with Gasteiger partial charge in [0.2, 0.25) is 0 Å². The summed E-state index contributed by atoms with van der Waals surface area (Å²) >= 11 is 1.84. The second-order valence-corrected chi connectivity index (χ2v) is 7.47. The zero-order valence-electron chi connectivity index (χ0n) is 13.1. The first-order valence-electron chi connectivity index (χ1n) is 7.87. The smallest absolute Gasteiger partial charge is 0.117 e. The maximum Gasteiger partial charge on any atom is 0.117 e. The van der Waals surface area contributed by atoms with Crippen molar-refractivity contribution in [1.82, 2.24) is 9.80 Å². The van der Waals surface area contributed by atoms with Gasteiger partial charge in [0.25, 0.3) is 0 Å². The van der Waals surface area contributed by atoms with E-state index >= 15 is 0 Å². The Kier molecular flexibility index (Phi) is 4.96. The molecular weight excluding hydrogens is 284 g/mol. The van der Waals surface area contributed by atoms with Gasteiger partial charge in [0.1, 0.15) is 5.60 Å². The molecule has 118 valence electrons. The minimum Gasteiger partial charge on any atom is -0.377 e. The first kappa shape index (κ1) is 15.4. The van der Waals surface area contributed by atoms with E-state index in [1.165, 1.54) is 4.88 Å². The molecule has 1 atom stereocenters. The zero-order chi connectivity index (χ0) is 14.7. The largest absolute Gasteiger partial charge is 0.377 e. The van der Waals surface area contributed by atoms with Crippen molar-refractivity contribution < 1.29 is 9.47 Å². The van der Waals surface area contributed by atoms with Crippen LogP contribution in [0.25, 0.3) is 0 Å². The first-order chi connectivity index (χ1) is 10.2. The Morgan fingerprint density at radius 3 is 2.95 bits per heavy atom. The molecule has 1 aromatic rings. The number of thiophene rings is 1. The van der Waals surface area contributed by atoms with Crippen LogP contribution in [-0.4, -0.2) is 67.4 Å². The zero-order valence-corrected chi connectivity index (χ0v) is 13.9. The van der Waals surface area contributed by atoms with Crippen LogP contribution >= 0.6 is 11.3 Å². The van der Waals surface area contributed by atoms with Gasteiger partial charge in [-0.25, -0.2) is 0 Å². The summed E-state index contributed by atoms with van der Waals surface area (Å²) in [6.45, 7) is 11.8. The summed E-state index contributed by atoms with van der Waals surface area (Å²) in [5.74, 6) is 0. The molecule has 21 heavy (non-hydrogen) atoms. The fourth-order valence-electron chi connectivity index (χ4n) is 3.24. The summed E-state index contributed by atoms with van der Waals surface area (Å²) in [4.78, 5) is 6.44. The Labute approximate surface area is 131 Å². The SMILES string of the molecule is CC(C)N1CCOC[C@]2(CN(Cc3cccs3)CCO2)C1. The lowest BCUT2D eigenvalue weighted by molar-refractivity contribution is -0.144. The van der Waals surface area contributed by atoms with Gasteiger partial charge in [-0.1, -0.05) is 6.07 Å². The van der Waals surface area contributed by atoms with Crippen LogP contribution in [0.5, 0.6) is 0 Å². The van der Waals surface area contributed by atoms with Crippen LogP contribution in [-0.2, 0) is 16.0 Å². The molecule has 0 amide bonds. The van der Waals surface area contributed by atoms with Crippen LogP contribution in [0.4, 0.5) is 0 Å². The van der Waals surface area contributed by atoms with Gasteiger partial charge in [-0.05, 0) is 25.3 Å². The quantitative estimate of drug-likeness (QED) is 0.853. The van der Waals surface area contributed by atoms with Gasteiger partial charge in [0.15, 0.2) is 0 Å². The van der Waals surface area contributed by atoms with E-state index in [0.29, 0.717) is 6.04 Å². The number of nitrogens with zero attached hydrogens (tertiary/aromatic N) is 2. The molecule has 1 aromatic heterocycles. The molecule has 3 heterocycles. The van der Waals surface area contributed by atoms with E-state index in [1.807, 2.05) is 11.3 Å². The van der Waals surface area contributed by atoms with Crippen molar-refractivity contribution in [1.29, 1.82) is 0 Å². The maximum absolute atomic E-state index is 6.21. The summed E-state index contributed by atoms with van der Waals surface area (Å²) in [6.07, 6.45) is 0. The normalized spacial score (nSPS) is 29.1. The highest BCUT2D eigenvalue weighted by atomic mass is 32.1. The molecule has 4 nitrogen and oxygen atoms in total. The van der Waals surface area contributed by atoms with Crippen LogP contribution < -0.4 is 0 Å². The monoisotopic (exact) mass is 310 g/mol. The Morgan fingerprint density at radius 1 is 1.29 bits per heavy atom. The standard InChI is InChI=1S/C16H26N2O2S/c1-14(2)18-6-7-19-13-16(12-18)11-17(5-8-20-16)10-15-4-3-9-21-15/h3-4,9,14H,5-8,10-13H2,1-2H3/t16-/m0/s1. The Morgan fingerprint density at radius 2 is 2.19 bits per heavy atom. The highest BCUT2D eigenvalue weighted by Crippen LogP contribution is 2.25. The third-order valence-corrected chi connectivity index (χ3v) is 5.26. The summed E-state index contributed by atoms with van der Waals surface area (Å²) < 4.78 is 12.1. The molecule has 2 aliphatic heterocycles. The van der Waals surface area contributed by atoms with Gasteiger partial charge in [0, 0.05) is 43.6 Å². The molecule has 2 fully saturated rings. The van der Waals surface area contributed by atoms with E-state index in [1.54, 1.807) is 0 Å². The molecule has 2 saturated heterocycles.